The lowest BCUT2D eigenvalue weighted by atomic mass is 9.96. The van der Waals surface area contributed by atoms with Crippen molar-refractivity contribution in [3.8, 4) is 0 Å². The van der Waals surface area contributed by atoms with Crippen LogP contribution in [0, 0.1) is 17.7 Å². The summed E-state index contributed by atoms with van der Waals surface area (Å²) in [5.74, 6) is -1.31. The Morgan fingerprint density at radius 1 is 1.39 bits per heavy atom. The maximum absolute atomic E-state index is 13.3. The van der Waals surface area contributed by atoms with Gasteiger partial charge in [0.05, 0.1) is 5.92 Å². The van der Waals surface area contributed by atoms with Crippen molar-refractivity contribution in [1.82, 2.24) is 5.32 Å². The number of hydrogen-bond acceptors (Lipinski definition) is 2. The molecule has 0 heterocycles. The molecule has 0 aliphatic heterocycles. The number of carboxylic acid groups (broad SMARTS) is 1. The van der Waals surface area contributed by atoms with Gasteiger partial charge in [0.2, 0.25) is 0 Å². The summed E-state index contributed by atoms with van der Waals surface area (Å²) in [5.41, 5.74) is 0.654. The number of benzene rings is 1. The minimum atomic E-state index is -0.789. The lowest BCUT2D eigenvalue weighted by molar-refractivity contribution is -0.143. The van der Waals surface area contributed by atoms with Crippen LogP contribution in [-0.4, -0.2) is 24.2 Å². The summed E-state index contributed by atoms with van der Waals surface area (Å²) >= 11 is 0. The van der Waals surface area contributed by atoms with Crippen molar-refractivity contribution < 1.29 is 14.3 Å². The van der Waals surface area contributed by atoms with Crippen LogP contribution in [0.15, 0.2) is 24.3 Å². The molecule has 1 rings (SSSR count). The SMILES string of the molecule is CC(C)C(CNCCc1ccccc1F)C(=O)O. The third-order valence-electron chi connectivity index (χ3n) is 3.02. The zero-order valence-electron chi connectivity index (χ0n) is 10.8. The molecule has 3 nitrogen and oxygen atoms in total. The first-order chi connectivity index (χ1) is 8.52. The molecule has 0 saturated carbocycles. The molecule has 0 aliphatic rings. The van der Waals surface area contributed by atoms with Crippen LogP contribution >= 0.6 is 0 Å². The van der Waals surface area contributed by atoms with E-state index in [0.717, 1.165) is 0 Å². The number of carboxylic acids is 1. The smallest absolute Gasteiger partial charge is 0.308 e. The summed E-state index contributed by atoms with van der Waals surface area (Å²) in [6.07, 6.45) is 0.567. The summed E-state index contributed by atoms with van der Waals surface area (Å²) in [6.45, 7) is 4.77. The quantitative estimate of drug-likeness (QED) is 0.733. The predicted octanol–water partition coefficient (Wildman–Crippen LogP) is 2.31. The number of carbonyl (C=O) groups is 1. The summed E-state index contributed by atoms with van der Waals surface area (Å²) in [4.78, 5) is 11.0. The van der Waals surface area contributed by atoms with Gasteiger partial charge in [0, 0.05) is 6.54 Å². The minimum absolute atomic E-state index is 0.0865. The molecular formula is C14H20FNO2. The van der Waals surface area contributed by atoms with Crippen molar-refractivity contribution in [3.63, 3.8) is 0 Å². The second-order valence-electron chi connectivity index (χ2n) is 4.73. The van der Waals surface area contributed by atoms with Gasteiger partial charge in [-0.1, -0.05) is 32.0 Å². The summed E-state index contributed by atoms with van der Waals surface area (Å²) in [7, 11) is 0. The van der Waals surface area contributed by atoms with Gasteiger partial charge in [-0.25, -0.2) is 4.39 Å². The van der Waals surface area contributed by atoms with Gasteiger partial charge in [-0.15, -0.1) is 0 Å². The molecule has 1 aromatic carbocycles. The van der Waals surface area contributed by atoms with Crippen molar-refractivity contribution in [3.05, 3.63) is 35.6 Å². The van der Waals surface area contributed by atoms with Crippen LogP contribution in [0.3, 0.4) is 0 Å². The van der Waals surface area contributed by atoms with E-state index in [4.69, 9.17) is 5.11 Å². The molecule has 0 amide bonds. The Labute approximate surface area is 107 Å². The molecule has 100 valence electrons. The third kappa shape index (κ3) is 4.45. The van der Waals surface area contributed by atoms with Gasteiger partial charge in [0.25, 0.3) is 0 Å². The van der Waals surface area contributed by atoms with Gasteiger partial charge in [-0.05, 0) is 30.5 Å². The zero-order chi connectivity index (χ0) is 13.5. The Morgan fingerprint density at radius 2 is 2.06 bits per heavy atom. The average Bonchev–Trinajstić information content (AvgIpc) is 2.30. The molecule has 1 aromatic rings. The number of hydrogen-bond donors (Lipinski definition) is 2. The van der Waals surface area contributed by atoms with Crippen molar-refractivity contribution in [2.75, 3.05) is 13.1 Å². The number of rotatable bonds is 7. The summed E-state index contributed by atoms with van der Waals surface area (Å²) in [5, 5.41) is 12.1. The highest BCUT2D eigenvalue weighted by Crippen LogP contribution is 2.10. The van der Waals surface area contributed by atoms with E-state index < -0.39 is 11.9 Å². The van der Waals surface area contributed by atoms with Crippen LogP contribution < -0.4 is 5.32 Å². The van der Waals surface area contributed by atoms with Crippen LogP contribution in [-0.2, 0) is 11.2 Å². The van der Waals surface area contributed by atoms with E-state index in [-0.39, 0.29) is 11.7 Å². The molecule has 0 bridgehead atoms. The van der Waals surface area contributed by atoms with Crippen LogP contribution in [0.4, 0.5) is 4.39 Å². The van der Waals surface area contributed by atoms with Gasteiger partial charge in [-0.2, -0.15) is 0 Å². The Bertz CT molecular complexity index is 393. The largest absolute Gasteiger partial charge is 0.481 e. The molecule has 0 saturated heterocycles. The lowest BCUT2D eigenvalue weighted by Crippen LogP contribution is -2.33. The first kappa shape index (κ1) is 14.6. The maximum Gasteiger partial charge on any atom is 0.308 e. The Kier molecular flexibility index (Phi) is 5.78. The van der Waals surface area contributed by atoms with E-state index >= 15 is 0 Å². The molecule has 0 aliphatic carbocycles. The van der Waals surface area contributed by atoms with E-state index in [1.54, 1.807) is 18.2 Å². The first-order valence-electron chi connectivity index (χ1n) is 6.19. The van der Waals surface area contributed by atoms with Gasteiger partial charge in [0.1, 0.15) is 5.82 Å². The third-order valence-corrected chi connectivity index (χ3v) is 3.02. The van der Waals surface area contributed by atoms with E-state index in [0.29, 0.717) is 25.1 Å². The highest BCUT2D eigenvalue weighted by molar-refractivity contribution is 5.70. The van der Waals surface area contributed by atoms with Crippen LogP contribution in [0.5, 0.6) is 0 Å². The maximum atomic E-state index is 13.3. The first-order valence-corrected chi connectivity index (χ1v) is 6.19. The standard InChI is InChI=1S/C14H20FNO2/c1-10(2)12(14(17)18)9-16-8-7-11-5-3-4-6-13(11)15/h3-6,10,12,16H,7-9H2,1-2H3,(H,17,18). The number of aliphatic carboxylic acids is 1. The molecule has 0 spiro atoms. The van der Waals surface area contributed by atoms with E-state index in [1.165, 1.54) is 6.07 Å². The molecule has 0 aromatic heterocycles. The topological polar surface area (TPSA) is 49.3 Å². The Hall–Kier alpha value is -1.42. The zero-order valence-corrected chi connectivity index (χ0v) is 10.8. The minimum Gasteiger partial charge on any atom is -0.481 e. The fraction of sp³-hybridized carbons (Fsp3) is 0.500. The van der Waals surface area contributed by atoms with Crippen LogP contribution in [0.2, 0.25) is 0 Å². The van der Waals surface area contributed by atoms with Gasteiger partial charge in [0.15, 0.2) is 0 Å². The molecule has 18 heavy (non-hydrogen) atoms. The van der Waals surface area contributed by atoms with Crippen LogP contribution in [0.25, 0.3) is 0 Å². The second-order valence-corrected chi connectivity index (χ2v) is 4.73. The Balaban J connectivity index is 2.34. The number of nitrogens with one attached hydrogen (secondary N) is 1. The molecule has 2 N–H and O–H groups in total. The molecule has 1 atom stereocenters. The summed E-state index contributed by atoms with van der Waals surface area (Å²) in [6, 6.07) is 6.63. The normalized spacial score (nSPS) is 12.7. The highest BCUT2D eigenvalue weighted by Gasteiger charge is 2.20. The second kappa shape index (κ2) is 7.11. The van der Waals surface area contributed by atoms with Crippen molar-refractivity contribution in [2.45, 2.75) is 20.3 Å². The molecule has 0 fully saturated rings. The van der Waals surface area contributed by atoms with Gasteiger partial charge in [-0.3, -0.25) is 4.79 Å². The molecule has 4 heteroatoms. The lowest BCUT2D eigenvalue weighted by Gasteiger charge is -2.16. The predicted molar refractivity (Wildman–Crippen MR) is 68.9 cm³/mol. The van der Waals surface area contributed by atoms with Gasteiger partial charge >= 0.3 is 5.97 Å². The molecular weight excluding hydrogens is 233 g/mol. The van der Waals surface area contributed by atoms with Crippen molar-refractivity contribution >= 4 is 5.97 Å². The Morgan fingerprint density at radius 3 is 2.61 bits per heavy atom. The monoisotopic (exact) mass is 253 g/mol. The fourth-order valence-corrected chi connectivity index (χ4v) is 1.79. The van der Waals surface area contributed by atoms with E-state index in [9.17, 15) is 9.18 Å². The number of halogens is 1. The molecule has 1 unspecified atom stereocenters. The van der Waals surface area contributed by atoms with E-state index in [2.05, 4.69) is 5.32 Å². The molecule has 0 radical (unpaired) electrons. The van der Waals surface area contributed by atoms with Gasteiger partial charge < -0.3 is 10.4 Å². The highest BCUT2D eigenvalue weighted by atomic mass is 19.1. The fourth-order valence-electron chi connectivity index (χ4n) is 1.79. The summed E-state index contributed by atoms with van der Waals surface area (Å²) < 4.78 is 13.3. The van der Waals surface area contributed by atoms with E-state index in [1.807, 2.05) is 13.8 Å². The average molecular weight is 253 g/mol. The van der Waals surface area contributed by atoms with Crippen LogP contribution in [0.1, 0.15) is 19.4 Å². The van der Waals surface area contributed by atoms with Crippen molar-refractivity contribution in [2.24, 2.45) is 11.8 Å². The van der Waals surface area contributed by atoms with Crippen molar-refractivity contribution in [1.29, 1.82) is 0 Å².